The fourth-order valence-corrected chi connectivity index (χ4v) is 4.07. The summed E-state index contributed by atoms with van der Waals surface area (Å²) in [5, 5.41) is 8.75. The van der Waals surface area contributed by atoms with Gasteiger partial charge in [0, 0.05) is 25.6 Å². The molecule has 4 rings (SSSR count). The molecule has 0 spiro atoms. The lowest BCUT2D eigenvalue weighted by atomic mass is 9.83. The number of nitrogens with zero attached hydrogens (tertiary/aromatic N) is 2. The van der Waals surface area contributed by atoms with Crippen LogP contribution in [0.25, 0.3) is 0 Å². The quantitative estimate of drug-likeness (QED) is 0.818. The molecule has 4 fully saturated rings. The third-order valence-electron chi connectivity index (χ3n) is 5.17. The van der Waals surface area contributed by atoms with Crippen molar-refractivity contribution in [2.75, 3.05) is 32.7 Å². The van der Waals surface area contributed by atoms with E-state index in [2.05, 4.69) is 9.80 Å². The molecule has 2 atom stereocenters. The molecular weight excluding hydrogens is 228 g/mol. The molecule has 0 aromatic rings. The molecule has 4 nitrogen and oxygen atoms in total. The third-order valence-corrected chi connectivity index (χ3v) is 5.17. The molecule has 0 aliphatic carbocycles. The topological polar surface area (TPSA) is 43.8 Å². The number of carboxylic acid groups (broad SMARTS) is 1. The van der Waals surface area contributed by atoms with Gasteiger partial charge in [-0.2, -0.15) is 0 Å². The summed E-state index contributed by atoms with van der Waals surface area (Å²) < 4.78 is 0. The summed E-state index contributed by atoms with van der Waals surface area (Å²) in [6, 6.07) is 0.766. The maximum absolute atomic E-state index is 10.6. The van der Waals surface area contributed by atoms with Gasteiger partial charge < -0.3 is 10.0 Å². The van der Waals surface area contributed by atoms with Gasteiger partial charge in [-0.1, -0.05) is 0 Å². The summed E-state index contributed by atoms with van der Waals surface area (Å²) in [4.78, 5) is 15.9. The van der Waals surface area contributed by atoms with Crippen LogP contribution in [0, 0.1) is 11.8 Å². The van der Waals surface area contributed by atoms with Crippen LogP contribution in [-0.2, 0) is 4.79 Å². The van der Waals surface area contributed by atoms with Crippen molar-refractivity contribution in [2.24, 2.45) is 11.8 Å². The lowest BCUT2D eigenvalue weighted by Crippen LogP contribution is -2.56. The summed E-state index contributed by atoms with van der Waals surface area (Å²) in [7, 11) is 0. The molecule has 4 aliphatic rings. The van der Waals surface area contributed by atoms with Crippen molar-refractivity contribution in [3.8, 4) is 0 Å². The zero-order valence-corrected chi connectivity index (χ0v) is 11.1. The molecule has 4 aliphatic heterocycles. The van der Waals surface area contributed by atoms with Crippen molar-refractivity contribution in [3.63, 3.8) is 0 Å². The fraction of sp³-hybridized carbons (Fsp3) is 0.929. The Labute approximate surface area is 109 Å². The van der Waals surface area contributed by atoms with Gasteiger partial charge in [-0.05, 0) is 57.2 Å². The molecule has 0 radical (unpaired) electrons. The van der Waals surface area contributed by atoms with E-state index in [0.29, 0.717) is 12.3 Å². The van der Waals surface area contributed by atoms with Crippen molar-refractivity contribution >= 4 is 5.97 Å². The Morgan fingerprint density at radius 1 is 1.11 bits per heavy atom. The SMILES string of the molecule is O=C(O)CCC1CCN(C2CN3CCC2CC3)C1. The number of fused-ring (bicyclic) bond motifs is 3. The van der Waals surface area contributed by atoms with Gasteiger partial charge >= 0.3 is 5.97 Å². The maximum Gasteiger partial charge on any atom is 0.303 e. The van der Waals surface area contributed by atoms with E-state index in [4.69, 9.17) is 5.11 Å². The molecule has 102 valence electrons. The minimum absolute atomic E-state index is 0.346. The molecule has 1 N–H and O–H groups in total. The lowest BCUT2D eigenvalue weighted by Gasteiger charge is -2.48. The van der Waals surface area contributed by atoms with E-state index in [1.807, 2.05) is 0 Å². The monoisotopic (exact) mass is 252 g/mol. The molecule has 2 unspecified atom stereocenters. The van der Waals surface area contributed by atoms with Gasteiger partial charge in [0.05, 0.1) is 0 Å². The first kappa shape index (κ1) is 12.4. The third kappa shape index (κ3) is 2.54. The van der Waals surface area contributed by atoms with Crippen LogP contribution in [0.1, 0.15) is 32.1 Å². The zero-order valence-electron chi connectivity index (χ0n) is 11.1. The Bertz CT molecular complexity index is 313. The normalized spacial score (nSPS) is 40.2. The summed E-state index contributed by atoms with van der Waals surface area (Å²) >= 11 is 0. The molecular formula is C14H24N2O2. The number of hydrogen-bond acceptors (Lipinski definition) is 3. The van der Waals surface area contributed by atoms with E-state index < -0.39 is 5.97 Å². The number of carbonyl (C=O) groups is 1. The Kier molecular flexibility index (Phi) is 3.57. The molecule has 4 saturated heterocycles. The van der Waals surface area contributed by atoms with Crippen LogP contribution in [0.3, 0.4) is 0 Å². The van der Waals surface area contributed by atoms with E-state index in [9.17, 15) is 4.79 Å². The molecule has 18 heavy (non-hydrogen) atoms. The molecule has 4 heterocycles. The summed E-state index contributed by atoms with van der Waals surface area (Å²) in [6.45, 7) is 6.20. The van der Waals surface area contributed by atoms with E-state index in [0.717, 1.165) is 24.9 Å². The first-order valence-corrected chi connectivity index (χ1v) is 7.40. The molecule has 0 aromatic heterocycles. The average molecular weight is 252 g/mol. The number of hydrogen-bond donors (Lipinski definition) is 1. The van der Waals surface area contributed by atoms with Gasteiger partial charge in [0.25, 0.3) is 0 Å². The van der Waals surface area contributed by atoms with Crippen LogP contribution in [0.2, 0.25) is 0 Å². The van der Waals surface area contributed by atoms with Crippen LogP contribution < -0.4 is 0 Å². The average Bonchev–Trinajstić information content (AvgIpc) is 2.86. The van der Waals surface area contributed by atoms with Crippen molar-refractivity contribution in [1.29, 1.82) is 0 Å². The predicted molar refractivity (Wildman–Crippen MR) is 69.5 cm³/mol. The highest BCUT2D eigenvalue weighted by Crippen LogP contribution is 2.34. The second-order valence-corrected chi connectivity index (χ2v) is 6.29. The van der Waals surface area contributed by atoms with Gasteiger partial charge in [-0.3, -0.25) is 9.69 Å². The van der Waals surface area contributed by atoms with Crippen LogP contribution >= 0.6 is 0 Å². The molecule has 0 aromatic carbocycles. The maximum atomic E-state index is 10.6. The van der Waals surface area contributed by atoms with Gasteiger partial charge in [-0.25, -0.2) is 0 Å². The van der Waals surface area contributed by atoms with Crippen molar-refractivity contribution in [1.82, 2.24) is 9.80 Å². The van der Waals surface area contributed by atoms with Gasteiger partial charge in [-0.15, -0.1) is 0 Å². The molecule has 2 bridgehead atoms. The van der Waals surface area contributed by atoms with Crippen molar-refractivity contribution in [3.05, 3.63) is 0 Å². The number of likely N-dealkylation sites (tertiary alicyclic amines) is 1. The zero-order chi connectivity index (χ0) is 12.5. The van der Waals surface area contributed by atoms with Gasteiger partial charge in [0.15, 0.2) is 0 Å². The highest BCUT2D eigenvalue weighted by Gasteiger charge is 2.39. The largest absolute Gasteiger partial charge is 0.481 e. The van der Waals surface area contributed by atoms with Crippen molar-refractivity contribution in [2.45, 2.75) is 38.1 Å². The minimum atomic E-state index is -0.642. The van der Waals surface area contributed by atoms with E-state index >= 15 is 0 Å². The first-order valence-electron chi connectivity index (χ1n) is 7.40. The number of rotatable bonds is 4. The van der Waals surface area contributed by atoms with Gasteiger partial charge in [0.2, 0.25) is 0 Å². The standard InChI is InChI=1S/C14H24N2O2/c17-14(18)2-1-11-3-8-16(9-11)13-10-15-6-4-12(13)5-7-15/h11-13H,1-10H2,(H,17,18). The Balaban J connectivity index is 1.51. The molecule has 0 saturated carbocycles. The van der Waals surface area contributed by atoms with Crippen LogP contribution in [-0.4, -0.2) is 59.6 Å². The second-order valence-electron chi connectivity index (χ2n) is 6.29. The smallest absolute Gasteiger partial charge is 0.303 e. The number of piperidine rings is 3. The van der Waals surface area contributed by atoms with Crippen LogP contribution in [0.4, 0.5) is 0 Å². The first-order chi connectivity index (χ1) is 8.72. The summed E-state index contributed by atoms with van der Waals surface area (Å²) in [5.41, 5.74) is 0. The fourth-order valence-electron chi connectivity index (χ4n) is 4.07. The van der Waals surface area contributed by atoms with Crippen molar-refractivity contribution < 1.29 is 9.90 Å². The van der Waals surface area contributed by atoms with E-state index in [-0.39, 0.29) is 0 Å². The van der Waals surface area contributed by atoms with Crippen LogP contribution in [0.5, 0.6) is 0 Å². The molecule has 0 amide bonds. The van der Waals surface area contributed by atoms with E-state index in [1.165, 1.54) is 45.4 Å². The Hall–Kier alpha value is -0.610. The van der Waals surface area contributed by atoms with E-state index in [1.54, 1.807) is 0 Å². The Morgan fingerprint density at radius 2 is 1.89 bits per heavy atom. The minimum Gasteiger partial charge on any atom is -0.481 e. The van der Waals surface area contributed by atoms with Crippen LogP contribution in [0.15, 0.2) is 0 Å². The highest BCUT2D eigenvalue weighted by molar-refractivity contribution is 5.66. The summed E-state index contributed by atoms with van der Waals surface area (Å²) in [6.07, 6.45) is 5.17. The number of aliphatic carboxylic acids is 1. The summed E-state index contributed by atoms with van der Waals surface area (Å²) in [5.74, 6) is 0.890. The molecule has 4 heteroatoms. The lowest BCUT2D eigenvalue weighted by molar-refractivity contribution is -0.137. The Morgan fingerprint density at radius 3 is 2.50 bits per heavy atom. The van der Waals surface area contributed by atoms with Gasteiger partial charge in [0.1, 0.15) is 0 Å². The predicted octanol–water partition coefficient (Wildman–Crippen LogP) is 1.27. The highest BCUT2D eigenvalue weighted by atomic mass is 16.4. The number of carboxylic acids is 1. The second kappa shape index (κ2) is 5.17.